The highest BCUT2D eigenvalue weighted by atomic mass is 16.4. The maximum atomic E-state index is 13.0. The number of carboxylic acid groups (broad SMARTS) is 2. The van der Waals surface area contributed by atoms with E-state index in [2.05, 4.69) is 20.9 Å². The molecule has 210 valence electrons. The summed E-state index contributed by atoms with van der Waals surface area (Å²) in [6.45, 7) is 1.32. The summed E-state index contributed by atoms with van der Waals surface area (Å²) in [7, 11) is 0. The Hall–Kier alpha value is -4.24. The van der Waals surface area contributed by atoms with Crippen LogP contribution in [0.15, 0.2) is 35.3 Å². The minimum absolute atomic E-state index is 0.0738. The van der Waals surface area contributed by atoms with Crippen LogP contribution in [0.2, 0.25) is 0 Å². The van der Waals surface area contributed by atoms with Crippen LogP contribution in [0.4, 0.5) is 0 Å². The molecule has 0 bridgehead atoms. The van der Waals surface area contributed by atoms with Gasteiger partial charge in [-0.3, -0.25) is 24.2 Å². The van der Waals surface area contributed by atoms with Crippen LogP contribution in [0.25, 0.3) is 0 Å². The molecule has 12 N–H and O–H groups in total. The predicted octanol–water partition coefficient (Wildman–Crippen LogP) is -3.00. The highest BCUT2D eigenvalue weighted by Crippen LogP contribution is 2.06. The first-order valence-corrected chi connectivity index (χ1v) is 11.7. The third-order valence-corrected chi connectivity index (χ3v) is 5.27. The Morgan fingerprint density at radius 3 is 2.05 bits per heavy atom. The number of carbonyl (C=O) groups is 5. The molecule has 15 nitrogen and oxygen atoms in total. The van der Waals surface area contributed by atoms with Gasteiger partial charge in [0.25, 0.3) is 0 Å². The summed E-state index contributed by atoms with van der Waals surface area (Å²) in [6.07, 6.45) is -2.05. The highest BCUT2D eigenvalue weighted by Gasteiger charge is 2.32. The van der Waals surface area contributed by atoms with Crippen LogP contribution in [0.1, 0.15) is 31.7 Å². The van der Waals surface area contributed by atoms with E-state index in [9.17, 15) is 34.2 Å². The lowest BCUT2D eigenvalue weighted by Crippen LogP contribution is -2.60. The Kier molecular flexibility index (Phi) is 13.2. The molecule has 0 radical (unpaired) electrons. The lowest BCUT2D eigenvalue weighted by atomic mass is 10.0. The topological polar surface area (TPSA) is 273 Å². The van der Waals surface area contributed by atoms with Gasteiger partial charge in [-0.05, 0) is 31.7 Å². The van der Waals surface area contributed by atoms with Crippen molar-refractivity contribution < 1.29 is 39.3 Å². The molecule has 1 aromatic carbocycles. The minimum Gasteiger partial charge on any atom is -0.481 e. The van der Waals surface area contributed by atoms with Crippen molar-refractivity contribution in [2.24, 2.45) is 22.2 Å². The van der Waals surface area contributed by atoms with Gasteiger partial charge in [0.05, 0.1) is 18.6 Å². The second-order valence-electron chi connectivity index (χ2n) is 8.53. The molecule has 5 atom stereocenters. The van der Waals surface area contributed by atoms with Crippen LogP contribution in [0, 0.1) is 0 Å². The Bertz CT molecular complexity index is 999. The molecule has 0 spiro atoms. The highest BCUT2D eigenvalue weighted by molar-refractivity contribution is 5.95. The summed E-state index contributed by atoms with van der Waals surface area (Å²) in [6, 6.07) is 3.20. The molecule has 38 heavy (non-hydrogen) atoms. The quantitative estimate of drug-likeness (QED) is 0.0582. The molecule has 1 rings (SSSR count). The van der Waals surface area contributed by atoms with Crippen molar-refractivity contribution in [1.29, 1.82) is 0 Å². The van der Waals surface area contributed by atoms with Crippen molar-refractivity contribution in [3.63, 3.8) is 0 Å². The number of nitrogens with one attached hydrogen (secondary N) is 3. The zero-order valence-electron chi connectivity index (χ0n) is 20.9. The van der Waals surface area contributed by atoms with Gasteiger partial charge >= 0.3 is 11.9 Å². The van der Waals surface area contributed by atoms with Gasteiger partial charge in [-0.15, -0.1) is 0 Å². The number of aliphatic carboxylic acids is 2. The first-order valence-electron chi connectivity index (χ1n) is 11.7. The van der Waals surface area contributed by atoms with Gasteiger partial charge in [-0.1, -0.05) is 30.3 Å². The van der Waals surface area contributed by atoms with Gasteiger partial charge in [0.2, 0.25) is 17.7 Å². The number of carboxylic acids is 2. The standard InChI is InChI=1S/C23H35N7O8/c1-12(31)18(30-19(34)14(24)10-13-6-3-2-4-7-13)21(36)28-15(8-5-9-27-23(25)26)20(35)29-16(22(37)38)11-17(32)33/h2-4,6-7,12,14-16,18,31H,5,8-11,24H2,1H3,(H,28,36)(H,29,35)(H,30,34)(H,32,33)(H,37,38)(H4,25,26,27). The number of nitrogens with zero attached hydrogens (tertiary/aromatic N) is 1. The van der Waals surface area contributed by atoms with E-state index >= 15 is 0 Å². The van der Waals surface area contributed by atoms with E-state index < -0.39 is 66.4 Å². The summed E-state index contributed by atoms with van der Waals surface area (Å²) in [5.74, 6) is -5.93. The van der Waals surface area contributed by atoms with E-state index in [0.717, 1.165) is 5.56 Å². The molecular formula is C23H35N7O8. The number of aliphatic hydroxyl groups is 1. The molecule has 3 amide bonds. The third-order valence-electron chi connectivity index (χ3n) is 5.27. The Balaban J connectivity index is 2.98. The van der Waals surface area contributed by atoms with Crippen molar-refractivity contribution in [3.8, 4) is 0 Å². The second kappa shape index (κ2) is 15.8. The van der Waals surface area contributed by atoms with Crippen LogP contribution < -0.4 is 33.2 Å². The molecule has 0 fully saturated rings. The fourth-order valence-corrected chi connectivity index (χ4v) is 3.31. The lowest BCUT2D eigenvalue weighted by Gasteiger charge is -2.26. The number of carbonyl (C=O) groups excluding carboxylic acids is 3. The SMILES string of the molecule is CC(O)C(NC(=O)C(N)Cc1ccccc1)C(=O)NC(CCCN=C(N)N)C(=O)NC(CC(=O)O)C(=O)O. The van der Waals surface area contributed by atoms with Crippen LogP contribution in [-0.4, -0.2) is 87.8 Å². The number of amides is 3. The molecule has 0 aliphatic rings. The fraction of sp³-hybridized carbons (Fsp3) is 0.478. The normalized spacial score (nSPS) is 14.6. The van der Waals surface area contributed by atoms with E-state index in [1.807, 2.05) is 0 Å². The number of hydrogen-bond donors (Lipinski definition) is 9. The number of aliphatic imine (C=N–C) groups is 1. The Labute approximate surface area is 218 Å². The van der Waals surface area contributed by atoms with Crippen molar-refractivity contribution in [1.82, 2.24) is 16.0 Å². The zero-order chi connectivity index (χ0) is 28.8. The summed E-state index contributed by atoms with van der Waals surface area (Å²) in [4.78, 5) is 64.5. The van der Waals surface area contributed by atoms with Crippen molar-refractivity contribution in [3.05, 3.63) is 35.9 Å². The maximum Gasteiger partial charge on any atom is 0.326 e. The predicted molar refractivity (Wildman–Crippen MR) is 135 cm³/mol. The Morgan fingerprint density at radius 1 is 0.921 bits per heavy atom. The molecule has 0 aromatic heterocycles. The average molecular weight is 538 g/mol. The molecule has 5 unspecified atom stereocenters. The van der Waals surface area contributed by atoms with E-state index in [-0.39, 0.29) is 31.8 Å². The number of nitrogens with two attached hydrogens (primary N) is 3. The first kappa shape index (κ1) is 31.8. The number of aliphatic hydroxyl groups excluding tert-OH is 1. The molecule has 0 saturated heterocycles. The van der Waals surface area contributed by atoms with Crippen LogP contribution in [0.5, 0.6) is 0 Å². The summed E-state index contributed by atoms with van der Waals surface area (Å²) >= 11 is 0. The number of hydrogen-bond acceptors (Lipinski definition) is 8. The van der Waals surface area contributed by atoms with E-state index in [1.165, 1.54) is 6.92 Å². The van der Waals surface area contributed by atoms with Gasteiger partial charge in [0.1, 0.15) is 18.1 Å². The molecule has 0 aliphatic carbocycles. The van der Waals surface area contributed by atoms with Gasteiger partial charge in [-0.2, -0.15) is 0 Å². The number of benzene rings is 1. The largest absolute Gasteiger partial charge is 0.481 e. The van der Waals surface area contributed by atoms with Crippen LogP contribution >= 0.6 is 0 Å². The van der Waals surface area contributed by atoms with E-state index in [1.54, 1.807) is 30.3 Å². The first-order chi connectivity index (χ1) is 17.8. The zero-order valence-corrected chi connectivity index (χ0v) is 20.9. The van der Waals surface area contributed by atoms with Gasteiger partial charge in [0, 0.05) is 6.54 Å². The lowest BCUT2D eigenvalue weighted by molar-refractivity contribution is -0.147. The van der Waals surface area contributed by atoms with Gasteiger partial charge < -0.3 is 48.5 Å². The van der Waals surface area contributed by atoms with Crippen LogP contribution in [0.3, 0.4) is 0 Å². The monoisotopic (exact) mass is 537 g/mol. The third kappa shape index (κ3) is 11.7. The maximum absolute atomic E-state index is 13.0. The molecule has 0 saturated carbocycles. The molecular weight excluding hydrogens is 502 g/mol. The smallest absolute Gasteiger partial charge is 0.326 e. The molecule has 15 heteroatoms. The summed E-state index contributed by atoms with van der Waals surface area (Å²) in [5, 5.41) is 35.1. The van der Waals surface area contributed by atoms with E-state index in [0.29, 0.717) is 0 Å². The van der Waals surface area contributed by atoms with Gasteiger partial charge in [0.15, 0.2) is 5.96 Å². The van der Waals surface area contributed by atoms with Crippen molar-refractivity contribution in [2.75, 3.05) is 6.54 Å². The molecule has 0 heterocycles. The number of rotatable bonds is 16. The summed E-state index contributed by atoms with van der Waals surface area (Å²) in [5.41, 5.74) is 17.3. The number of guanidine groups is 1. The second-order valence-corrected chi connectivity index (χ2v) is 8.53. The molecule has 1 aromatic rings. The van der Waals surface area contributed by atoms with Crippen molar-refractivity contribution in [2.45, 2.75) is 62.9 Å². The Morgan fingerprint density at radius 2 is 1.53 bits per heavy atom. The summed E-state index contributed by atoms with van der Waals surface area (Å²) < 4.78 is 0. The van der Waals surface area contributed by atoms with Gasteiger partial charge in [-0.25, -0.2) is 4.79 Å². The fourth-order valence-electron chi connectivity index (χ4n) is 3.31. The van der Waals surface area contributed by atoms with Crippen molar-refractivity contribution >= 4 is 35.6 Å². The van der Waals surface area contributed by atoms with E-state index in [4.69, 9.17) is 22.3 Å². The average Bonchev–Trinajstić information content (AvgIpc) is 2.83. The minimum atomic E-state index is -1.76. The van der Waals surface area contributed by atoms with Crippen LogP contribution in [-0.2, 0) is 30.4 Å². The molecule has 0 aliphatic heterocycles.